The molecular formula is C14H14N4O. The maximum Gasteiger partial charge on any atom is 0.248 e. The number of nitrogen functional groups attached to an aromatic ring is 2. The van der Waals surface area contributed by atoms with Crippen molar-refractivity contribution in [2.45, 2.75) is 0 Å². The Bertz CT molecular complexity index is 617. The summed E-state index contributed by atoms with van der Waals surface area (Å²) in [4.78, 5) is 10.5. The highest BCUT2D eigenvalue weighted by Gasteiger charge is 1.97. The highest BCUT2D eigenvalue weighted by molar-refractivity contribution is 5.93. The Morgan fingerprint density at radius 2 is 1.58 bits per heavy atom. The monoisotopic (exact) mass is 254 g/mol. The summed E-state index contributed by atoms with van der Waals surface area (Å²) < 4.78 is 0. The maximum absolute atomic E-state index is 10.5. The lowest BCUT2D eigenvalue weighted by atomic mass is 10.2. The molecule has 0 bridgehead atoms. The predicted molar refractivity (Wildman–Crippen MR) is 74.9 cm³/mol. The number of carbonyl (C=O) groups is 1. The number of amides is 1. The molecule has 2 aromatic carbocycles. The summed E-state index contributed by atoms with van der Waals surface area (Å²) in [6.45, 7) is 0. The second-order valence-corrected chi connectivity index (χ2v) is 3.73. The number of nitrogens with two attached hydrogens (primary N) is 3. The van der Waals surface area contributed by atoms with Crippen LogP contribution in [-0.4, -0.2) is 5.91 Å². The zero-order valence-electron chi connectivity index (χ0n) is 10.2. The van der Waals surface area contributed by atoms with Crippen LogP contribution in [0.4, 0.5) is 11.4 Å². The number of hydrogen-bond donors (Lipinski definition) is 3. The molecule has 0 aromatic heterocycles. The van der Waals surface area contributed by atoms with E-state index >= 15 is 0 Å². The topological polar surface area (TPSA) is 119 Å². The van der Waals surface area contributed by atoms with Crippen LogP contribution >= 0.6 is 0 Å². The third-order valence-electron chi connectivity index (χ3n) is 2.19. The average molecular weight is 254 g/mol. The Hall–Kier alpha value is -3.00. The molecule has 5 heteroatoms. The Morgan fingerprint density at radius 1 is 1.00 bits per heavy atom. The summed E-state index contributed by atoms with van der Waals surface area (Å²) in [5.41, 5.74) is 18.0. The molecule has 0 aliphatic heterocycles. The summed E-state index contributed by atoms with van der Waals surface area (Å²) in [7, 11) is 0. The van der Waals surface area contributed by atoms with E-state index in [0.29, 0.717) is 22.5 Å². The quantitative estimate of drug-likeness (QED) is 0.668. The van der Waals surface area contributed by atoms with E-state index in [2.05, 4.69) is 0 Å². The molecule has 2 rings (SSSR count). The number of nitrogens with zero attached hydrogens (tertiary/aromatic N) is 1. The Morgan fingerprint density at radius 3 is 1.95 bits per heavy atom. The lowest BCUT2D eigenvalue weighted by Crippen LogP contribution is -2.10. The van der Waals surface area contributed by atoms with Gasteiger partial charge in [0.05, 0.1) is 11.6 Å². The fraction of sp³-hybridized carbons (Fsp3) is 0. The molecule has 0 saturated heterocycles. The zero-order valence-corrected chi connectivity index (χ0v) is 10.2. The molecular weight excluding hydrogens is 240 g/mol. The Kier molecular flexibility index (Phi) is 4.93. The number of hydrogen-bond acceptors (Lipinski definition) is 4. The van der Waals surface area contributed by atoms with Crippen LogP contribution in [0.1, 0.15) is 15.9 Å². The molecule has 0 atom stereocenters. The van der Waals surface area contributed by atoms with Crippen molar-refractivity contribution in [1.29, 1.82) is 5.26 Å². The highest BCUT2D eigenvalue weighted by atomic mass is 16.1. The lowest BCUT2D eigenvalue weighted by Gasteiger charge is -1.94. The van der Waals surface area contributed by atoms with E-state index < -0.39 is 5.91 Å². The molecule has 0 heterocycles. The van der Waals surface area contributed by atoms with Gasteiger partial charge >= 0.3 is 0 Å². The molecule has 0 unspecified atom stereocenters. The van der Waals surface area contributed by atoms with Gasteiger partial charge in [0.25, 0.3) is 0 Å². The van der Waals surface area contributed by atoms with Crippen LogP contribution < -0.4 is 17.2 Å². The molecule has 0 saturated carbocycles. The first-order chi connectivity index (χ1) is 9.02. The molecule has 0 radical (unpaired) electrons. The standard InChI is InChI=1S/C7H8N2O.C7H6N2/c8-6-3-1-2-5(4-6)7(9)10;8-5-6-2-1-3-7(9)4-6/h1-4H,8H2,(H2,9,10);1-4H,9H2. The molecule has 19 heavy (non-hydrogen) atoms. The molecule has 0 aliphatic rings. The summed E-state index contributed by atoms with van der Waals surface area (Å²) >= 11 is 0. The first-order valence-corrected chi connectivity index (χ1v) is 5.44. The van der Waals surface area contributed by atoms with Crippen molar-refractivity contribution in [2.24, 2.45) is 5.73 Å². The van der Waals surface area contributed by atoms with Gasteiger partial charge in [-0.15, -0.1) is 0 Å². The number of carbonyl (C=O) groups excluding carboxylic acids is 1. The van der Waals surface area contributed by atoms with Gasteiger partial charge in [0, 0.05) is 16.9 Å². The summed E-state index contributed by atoms with van der Waals surface area (Å²) in [6.07, 6.45) is 0. The van der Waals surface area contributed by atoms with Crippen LogP contribution in [0.2, 0.25) is 0 Å². The number of nitriles is 1. The van der Waals surface area contributed by atoms with E-state index in [9.17, 15) is 4.79 Å². The second kappa shape index (κ2) is 6.67. The van der Waals surface area contributed by atoms with Gasteiger partial charge in [-0.3, -0.25) is 4.79 Å². The minimum atomic E-state index is -0.452. The first kappa shape index (κ1) is 14.1. The Balaban J connectivity index is 0.000000191. The normalized spacial score (nSPS) is 8.79. The first-order valence-electron chi connectivity index (χ1n) is 5.44. The van der Waals surface area contributed by atoms with Crippen LogP contribution in [0.3, 0.4) is 0 Å². The summed E-state index contributed by atoms with van der Waals surface area (Å²) in [5, 5.41) is 8.36. The van der Waals surface area contributed by atoms with E-state index in [4.69, 9.17) is 22.5 Å². The van der Waals surface area contributed by atoms with Crippen LogP contribution in [0.5, 0.6) is 0 Å². The number of anilines is 2. The van der Waals surface area contributed by atoms with E-state index in [1.165, 1.54) is 0 Å². The fourth-order valence-corrected chi connectivity index (χ4v) is 1.30. The van der Waals surface area contributed by atoms with Crippen LogP contribution in [0, 0.1) is 11.3 Å². The van der Waals surface area contributed by atoms with E-state index in [1.807, 2.05) is 6.07 Å². The van der Waals surface area contributed by atoms with Crippen LogP contribution in [-0.2, 0) is 0 Å². The molecule has 0 fully saturated rings. The largest absolute Gasteiger partial charge is 0.399 e. The maximum atomic E-state index is 10.5. The van der Waals surface area contributed by atoms with Crippen molar-refractivity contribution in [3.05, 3.63) is 59.7 Å². The average Bonchev–Trinajstić information content (AvgIpc) is 2.39. The smallest absolute Gasteiger partial charge is 0.248 e. The van der Waals surface area contributed by atoms with Crippen molar-refractivity contribution in [3.8, 4) is 6.07 Å². The van der Waals surface area contributed by atoms with Crippen molar-refractivity contribution in [1.82, 2.24) is 0 Å². The third kappa shape index (κ3) is 4.79. The second-order valence-electron chi connectivity index (χ2n) is 3.73. The van der Waals surface area contributed by atoms with Gasteiger partial charge in [-0.05, 0) is 36.4 Å². The van der Waals surface area contributed by atoms with Crippen molar-refractivity contribution in [3.63, 3.8) is 0 Å². The van der Waals surface area contributed by atoms with Gasteiger partial charge in [-0.1, -0.05) is 12.1 Å². The molecule has 6 N–H and O–H groups in total. The van der Waals surface area contributed by atoms with Gasteiger partial charge in [0.1, 0.15) is 0 Å². The van der Waals surface area contributed by atoms with Gasteiger partial charge in [0.15, 0.2) is 0 Å². The van der Waals surface area contributed by atoms with Gasteiger partial charge < -0.3 is 17.2 Å². The molecule has 96 valence electrons. The van der Waals surface area contributed by atoms with Crippen molar-refractivity contribution in [2.75, 3.05) is 11.5 Å². The molecule has 5 nitrogen and oxygen atoms in total. The number of benzene rings is 2. The molecule has 1 amide bonds. The lowest BCUT2D eigenvalue weighted by molar-refractivity contribution is 0.100. The number of primary amides is 1. The molecule has 0 aliphatic carbocycles. The fourth-order valence-electron chi connectivity index (χ4n) is 1.30. The third-order valence-corrected chi connectivity index (χ3v) is 2.19. The minimum Gasteiger partial charge on any atom is -0.399 e. The van der Waals surface area contributed by atoms with Crippen LogP contribution in [0.15, 0.2) is 48.5 Å². The zero-order chi connectivity index (χ0) is 14.3. The molecule has 2 aromatic rings. The van der Waals surface area contributed by atoms with E-state index in [0.717, 1.165) is 0 Å². The summed E-state index contributed by atoms with van der Waals surface area (Å²) in [6, 6.07) is 15.4. The Labute approximate surface area is 111 Å². The van der Waals surface area contributed by atoms with Gasteiger partial charge in [-0.25, -0.2) is 0 Å². The van der Waals surface area contributed by atoms with Crippen LogP contribution in [0.25, 0.3) is 0 Å². The summed E-state index contributed by atoms with van der Waals surface area (Å²) in [5.74, 6) is -0.452. The minimum absolute atomic E-state index is 0.444. The predicted octanol–water partition coefficient (Wildman–Crippen LogP) is 1.51. The van der Waals surface area contributed by atoms with Gasteiger partial charge in [0.2, 0.25) is 5.91 Å². The van der Waals surface area contributed by atoms with Crippen molar-refractivity contribution >= 4 is 17.3 Å². The SMILES string of the molecule is N#Cc1cccc(N)c1.NC(=O)c1cccc(N)c1. The van der Waals surface area contributed by atoms with Gasteiger partial charge in [-0.2, -0.15) is 5.26 Å². The molecule has 0 spiro atoms. The highest BCUT2D eigenvalue weighted by Crippen LogP contribution is 2.04. The van der Waals surface area contributed by atoms with Crippen molar-refractivity contribution < 1.29 is 4.79 Å². The van der Waals surface area contributed by atoms with E-state index in [-0.39, 0.29) is 0 Å². The number of rotatable bonds is 1. The van der Waals surface area contributed by atoms with E-state index in [1.54, 1.807) is 48.5 Å².